The fourth-order valence-corrected chi connectivity index (χ4v) is 5.62. The summed E-state index contributed by atoms with van der Waals surface area (Å²) in [6.07, 6.45) is 0.500. The molecule has 1 aromatic heterocycles. The summed E-state index contributed by atoms with van der Waals surface area (Å²) in [5, 5.41) is 19.6. The number of benzene rings is 2. The number of hydrogen-bond donors (Lipinski definition) is 2. The second kappa shape index (κ2) is 7.19. The molecule has 1 saturated carbocycles. The van der Waals surface area contributed by atoms with Gasteiger partial charge in [0, 0.05) is 24.9 Å². The third-order valence-corrected chi connectivity index (χ3v) is 7.18. The summed E-state index contributed by atoms with van der Waals surface area (Å²) in [6, 6.07) is 16.5. The van der Waals surface area contributed by atoms with Crippen molar-refractivity contribution in [1.82, 2.24) is 20.3 Å². The Balaban J connectivity index is 1.13. The number of carbonyl (C=O) groups is 2. The minimum absolute atomic E-state index is 0.0166. The van der Waals surface area contributed by atoms with Crippen LogP contribution in [0.4, 0.5) is 4.79 Å². The van der Waals surface area contributed by atoms with E-state index in [9.17, 15) is 14.7 Å². The number of aromatic carboxylic acids is 1. The number of ether oxygens (including phenoxy) is 1. The summed E-state index contributed by atoms with van der Waals surface area (Å²) < 4.78 is 5.79. The zero-order valence-corrected chi connectivity index (χ0v) is 17.3. The van der Waals surface area contributed by atoms with Gasteiger partial charge in [-0.3, -0.25) is 0 Å². The van der Waals surface area contributed by atoms with Gasteiger partial charge in [0.25, 0.3) is 0 Å². The van der Waals surface area contributed by atoms with Crippen LogP contribution in [0.25, 0.3) is 11.1 Å². The van der Waals surface area contributed by atoms with Gasteiger partial charge in [-0.1, -0.05) is 48.5 Å². The second-order valence-electron chi connectivity index (χ2n) is 8.75. The van der Waals surface area contributed by atoms with Crippen molar-refractivity contribution < 1.29 is 19.4 Å². The first kappa shape index (κ1) is 19.0. The van der Waals surface area contributed by atoms with E-state index in [1.807, 2.05) is 24.3 Å². The highest BCUT2D eigenvalue weighted by molar-refractivity contribution is 5.86. The van der Waals surface area contributed by atoms with Gasteiger partial charge in [0.2, 0.25) is 0 Å². The molecule has 2 N–H and O–H groups in total. The smallest absolute Gasteiger partial charge is 0.409 e. The van der Waals surface area contributed by atoms with Crippen molar-refractivity contribution in [2.24, 2.45) is 11.8 Å². The number of nitrogens with zero attached hydrogens (tertiary/aromatic N) is 3. The summed E-state index contributed by atoms with van der Waals surface area (Å²) in [6.45, 7) is 1.46. The number of rotatable bonds is 4. The van der Waals surface area contributed by atoms with Gasteiger partial charge in [0.05, 0.1) is 0 Å². The van der Waals surface area contributed by atoms with Gasteiger partial charge in [0.1, 0.15) is 12.3 Å². The normalized spacial score (nSPS) is 23.2. The quantitative estimate of drug-likeness (QED) is 0.656. The molecule has 1 amide bonds. The molecule has 2 fully saturated rings. The predicted octanol–water partition coefficient (Wildman–Crippen LogP) is 3.49. The molecular weight excluding hydrogens is 408 g/mol. The van der Waals surface area contributed by atoms with Crippen LogP contribution in [0, 0.1) is 11.8 Å². The number of likely N-dealkylation sites (tertiary alicyclic amines) is 1. The number of aromatic nitrogens is 3. The van der Waals surface area contributed by atoms with Crippen LogP contribution in [0.1, 0.15) is 45.6 Å². The zero-order chi connectivity index (χ0) is 21.8. The van der Waals surface area contributed by atoms with E-state index in [2.05, 4.69) is 39.7 Å². The summed E-state index contributed by atoms with van der Waals surface area (Å²) in [5.74, 6) is -0.467. The monoisotopic (exact) mass is 430 g/mol. The Hall–Kier alpha value is -3.68. The first-order valence-electron chi connectivity index (χ1n) is 10.9. The van der Waals surface area contributed by atoms with E-state index in [1.54, 1.807) is 4.90 Å². The molecule has 3 unspecified atom stereocenters. The fourth-order valence-electron chi connectivity index (χ4n) is 5.62. The zero-order valence-electron chi connectivity index (χ0n) is 17.3. The highest BCUT2D eigenvalue weighted by atomic mass is 16.6. The van der Waals surface area contributed by atoms with Crippen molar-refractivity contribution in [3.05, 3.63) is 71.0 Å². The highest BCUT2D eigenvalue weighted by Gasteiger charge is 2.56. The van der Waals surface area contributed by atoms with Crippen molar-refractivity contribution >= 4 is 12.1 Å². The molecule has 3 aromatic rings. The van der Waals surface area contributed by atoms with Gasteiger partial charge >= 0.3 is 12.1 Å². The minimum Gasteiger partial charge on any atom is -0.476 e. The molecule has 3 aliphatic rings. The molecular formula is C24H22N4O4. The van der Waals surface area contributed by atoms with Crippen LogP contribution in [0.2, 0.25) is 0 Å². The summed E-state index contributed by atoms with van der Waals surface area (Å²) in [4.78, 5) is 26.0. The molecule has 1 aliphatic heterocycles. The Morgan fingerprint density at radius 3 is 2.41 bits per heavy atom. The second-order valence-corrected chi connectivity index (χ2v) is 8.75. The van der Waals surface area contributed by atoms with E-state index in [0.717, 1.165) is 6.42 Å². The van der Waals surface area contributed by atoms with Crippen molar-refractivity contribution in [2.45, 2.75) is 18.3 Å². The SMILES string of the molecule is O=C(O)c1n[nH]nc1C1C2CCN(C(=O)OCC3c4ccccc4-c4ccccc43)CC21. The van der Waals surface area contributed by atoms with E-state index in [-0.39, 0.29) is 29.5 Å². The molecule has 6 rings (SSSR count). The van der Waals surface area contributed by atoms with Crippen LogP contribution >= 0.6 is 0 Å². The topological polar surface area (TPSA) is 108 Å². The minimum atomic E-state index is -1.08. The summed E-state index contributed by atoms with van der Waals surface area (Å²) in [7, 11) is 0. The van der Waals surface area contributed by atoms with Gasteiger partial charge in [-0.05, 0) is 40.5 Å². The van der Waals surface area contributed by atoms with Crippen LogP contribution in [0.15, 0.2) is 48.5 Å². The molecule has 1 saturated heterocycles. The van der Waals surface area contributed by atoms with Crippen molar-refractivity contribution in [1.29, 1.82) is 0 Å². The fraction of sp³-hybridized carbons (Fsp3) is 0.333. The maximum Gasteiger partial charge on any atom is 0.409 e. The lowest BCUT2D eigenvalue weighted by molar-refractivity contribution is 0.0688. The van der Waals surface area contributed by atoms with Crippen molar-refractivity contribution in [2.75, 3.05) is 19.7 Å². The Labute approximate surface area is 184 Å². The van der Waals surface area contributed by atoms with Crippen molar-refractivity contribution in [3.63, 3.8) is 0 Å². The van der Waals surface area contributed by atoms with E-state index in [0.29, 0.717) is 31.3 Å². The molecule has 2 aliphatic carbocycles. The summed E-state index contributed by atoms with van der Waals surface area (Å²) >= 11 is 0. The van der Waals surface area contributed by atoms with Gasteiger partial charge in [0.15, 0.2) is 5.69 Å². The van der Waals surface area contributed by atoms with Gasteiger partial charge in [-0.15, -0.1) is 5.10 Å². The number of piperidine rings is 1. The molecule has 8 nitrogen and oxygen atoms in total. The van der Waals surface area contributed by atoms with Crippen molar-refractivity contribution in [3.8, 4) is 11.1 Å². The van der Waals surface area contributed by atoms with E-state index in [4.69, 9.17) is 4.74 Å². The number of hydrogen-bond acceptors (Lipinski definition) is 5. The van der Waals surface area contributed by atoms with E-state index >= 15 is 0 Å². The number of fused-ring (bicyclic) bond motifs is 4. The van der Waals surface area contributed by atoms with Crippen LogP contribution in [0.3, 0.4) is 0 Å². The molecule has 0 spiro atoms. The standard InChI is InChI=1S/C24H22N4O4/c29-23(30)22-21(25-27-26-22)20-17-9-10-28(11-18(17)20)24(31)32-12-19-15-7-3-1-5-13(15)14-6-2-4-8-16(14)19/h1-8,17-20H,9-12H2,(H,29,30)(H,25,26,27). The number of carbonyl (C=O) groups excluding carboxylic acids is 1. The number of H-pyrrole nitrogens is 1. The van der Waals surface area contributed by atoms with Gasteiger partial charge in [-0.2, -0.15) is 10.3 Å². The van der Waals surface area contributed by atoms with Gasteiger partial charge < -0.3 is 14.7 Å². The third-order valence-electron chi connectivity index (χ3n) is 7.18. The number of carboxylic acid groups (broad SMARTS) is 1. The Morgan fingerprint density at radius 2 is 1.72 bits per heavy atom. The average molecular weight is 430 g/mol. The van der Waals surface area contributed by atoms with E-state index in [1.165, 1.54) is 22.3 Å². The number of amides is 1. The molecule has 2 heterocycles. The summed E-state index contributed by atoms with van der Waals surface area (Å²) in [5.41, 5.74) is 5.27. The van der Waals surface area contributed by atoms with Crippen LogP contribution < -0.4 is 0 Å². The Kier molecular flexibility index (Phi) is 4.28. The van der Waals surface area contributed by atoms with Crippen LogP contribution in [-0.4, -0.2) is 57.2 Å². The molecule has 162 valence electrons. The van der Waals surface area contributed by atoms with Gasteiger partial charge in [-0.25, -0.2) is 9.59 Å². The lowest BCUT2D eigenvalue weighted by Crippen LogP contribution is -2.37. The lowest BCUT2D eigenvalue weighted by atomic mass is 9.98. The first-order valence-corrected chi connectivity index (χ1v) is 10.9. The molecule has 32 heavy (non-hydrogen) atoms. The maximum absolute atomic E-state index is 12.9. The maximum atomic E-state index is 12.9. The molecule has 0 radical (unpaired) electrons. The third kappa shape index (κ3) is 2.90. The Bertz CT molecular complexity index is 1180. The largest absolute Gasteiger partial charge is 0.476 e. The van der Waals surface area contributed by atoms with E-state index < -0.39 is 5.97 Å². The number of carboxylic acids is 1. The Morgan fingerprint density at radius 1 is 1.03 bits per heavy atom. The highest BCUT2D eigenvalue weighted by Crippen LogP contribution is 2.58. The van der Waals surface area contributed by atoms with Crippen LogP contribution in [-0.2, 0) is 4.74 Å². The number of nitrogens with one attached hydrogen (secondary N) is 1. The first-order chi connectivity index (χ1) is 15.6. The predicted molar refractivity (Wildman–Crippen MR) is 114 cm³/mol. The van der Waals surface area contributed by atoms with Crippen LogP contribution in [0.5, 0.6) is 0 Å². The molecule has 8 heteroatoms. The average Bonchev–Trinajstić information content (AvgIpc) is 3.15. The molecule has 0 bridgehead atoms. The number of aromatic amines is 1. The molecule has 2 aromatic carbocycles. The molecule has 3 atom stereocenters. The lowest BCUT2D eigenvalue weighted by Gasteiger charge is -2.26.